The fourth-order valence-electron chi connectivity index (χ4n) is 1.65. The molecule has 0 amide bonds. The molecule has 96 valence electrons. The molecule has 1 nitrogen and oxygen atoms in total. The Kier molecular flexibility index (Phi) is 4.59. The summed E-state index contributed by atoms with van der Waals surface area (Å²) in [7, 11) is 0. The highest BCUT2D eigenvalue weighted by molar-refractivity contribution is 9.10. The van der Waals surface area contributed by atoms with Crippen molar-refractivity contribution in [1.82, 2.24) is 0 Å². The molecule has 1 unspecified atom stereocenters. The van der Waals surface area contributed by atoms with Crippen molar-refractivity contribution in [2.75, 3.05) is 0 Å². The highest BCUT2D eigenvalue weighted by atomic mass is 79.9. The van der Waals surface area contributed by atoms with Crippen LogP contribution < -0.4 is 0 Å². The van der Waals surface area contributed by atoms with Crippen molar-refractivity contribution in [2.45, 2.75) is 19.4 Å². The molecular formula is C13H11Br2FOS. The molecule has 2 aromatic rings. The fourth-order valence-corrected chi connectivity index (χ4v) is 3.61. The van der Waals surface area contributed by atoms with Gasteiger partial charge in [0, 0.05) is 25.1 Å². The van der Waals surface area contributed by atoms with E-state index < -0.39 is 6.10 Å². The van der Waals surface area contributed by atoms with Crippen LogP contribution >= 0.6 is 43.2 Å². The zero-order valence-electron chi connectivity index (χ0n) is 9.58. The topological polar surface area (TPSA) is 20.2 Å². The first-order valence-electron chi connectivity index (χ1n) is 5.35. The van der Waals surface area contributed by atoms with Crippen LogP contribution in [-0.2, 0) is 6.42 Å². The van der Waals surface area contributed by atoms with Crippen molar-refractivity contribution in [1.29, 1.82) is 0 Å². The molecule has 1 heterocycles. The summed E-state index contributed by atoms with van der Waals surface area (Å²) in [6.07, 6.45) is -0.402. The van der Waals surface area contributed by atoms with Gasteiger partial charge in [-0.1, -0.05) is 15.9 Å². The molecule has 0 radical (unpaired) electrons. The van der Waals surface area contributed by atoms with Gasteiger partial charge >= 0.3 is 0 Å². The lowest BCUT2D eigenvalue weighted by Crippen LogP contribution is -2.01. The largest absolute Gasteiger partial charge is 0.387 e. The molecule has 0 aliphatic carbocycles. The predicted octanol–water partition coefficient (Wildman–Crippen LogP) is 5.00. The summed E-state index contributed by atoms with van der Waals surface area (Å²) in [5.74, 6) is -0.287. The Morgan fingerprint density at radius 1 is 1.33 bits per heavy atom. The minimum absolute atomic E-state index is 0.275. The molecule has 0 bridgehead atoms. The summed E-state index contributed by atoms with van der Waals surface area (Å²) in [6, 6.07) is 6.65. The molecule has 0 saturated heterocycles. The number of hydrogen-bond donors (Lipinski definition) is 1. The first-order chi connectivity index (χ1) is 8.47. The van der Waals surface area contributed by atoms with Crippen molar-refractivity contribution < 1.29 is 9.50 Å². The lowest BCUT2D eigenvalue weighted by Gasteiger charge is -2.09. The lowest BCUT2D eigenvalue weighted by atomic mass is 10.1. The standard InChI is InChI=1S/C13H11Br2FOS/c1-7-10(15)6-13(18-7)12(17)5-8-4-9(14)2-3-11(8)16/h2-4,6,12,17H,5H2,1H3. The zero-order chi connectivity index (χ0) is 13.3. The molecule has 1 aromatic heterocycles. The summed E-state index contributed by atoms with van der Waals surface area (Å²) in [6.45, 7) is 1.98. The van der Waals surface area contributed by atoms with Crippen LogP contribution in [-0.4, -0.2) is 5.11 Å². The highest BCUT2D eigenvalue weighted by Gasteiger charge is 2.15. The maximum atomic E-state index is 13.6. The first-order valence-corrected chi connectivity index (χ1v) is 7.75. The third-order valence-electron chi connectivity index (χ3n) is 2.63. The summed E-state index contributed by atoms with van der Waals surface area (Å²) in [4.78, 5) is 1.96. The lowest BCUT2D eigenvalue weighted by molar-refractivity contribution is 0.181. The van der Waals surface area contributed by atoms with E-state index in [1.807, 2.05) is 13.0 Å². The van der Waals surface area contributed by atoms with Crippen molar-refractivity contribution in [3.05, 3.63) is 54.3 Å². The second-order valence-corrected chi connectivity index (χ2v) is 7.07. The van der Waals surface area contributed by atoms with E-state index in [9.17, 15) is 9.50 Å². The number of hydrogen-bond acceptors (Lipinski definition) is 2. The van der Waals surface area contributed by atoms with E-state index in [4.69, 9.17) is 0 Å². The molecule has 5 heteroatoms. The number of aliphatic hydroxyl groups is 1. The molecule has 0 aliphatic rings. The maximum absolute atomic E-state index is 13.6. The first kappa shape index (κ1) is 14.2. The molecule has 1 N–H and O–H groups in total. The van der Waals surface area contributed by atoms with Crippen LogP contribution in [0.4, 0.5) is 4.39 Å². The Balaban J connectivity index is 2.20. The molecule has 0 aliphatic heterocycles. The quantitative estimate of drug-likeness (QED) is 0.778. The van der Waals surface area contributed by atoms with E-state index >= 15 is 0 Å². The number of aliphatic hydroxyl groups excluding tert-OH is 1. The maximum Gasteiger partial charge on any atom is 0.126 e. The molecule has 2 rings (SSSR count). The highest BCUT2D eigenvalue weighted by Crippen LogP contribution is 2.32. The third-order valence-corrected chi connectivity index (χ3v) is 5.36. The van der Waals surface area contributed by atoms with Gasteiger partial charge in [0.25, 0.3) is 0 Å². The van der Waals surface area contributed by atoms with Crippen LogP contribution in [0.5, 0.6) is 0 Å². The fraction of sp³-hybridized carbons (Fsp3) is 0.231. The van der Waals surface area contributed by atoms with Gasteiger partial charge in [0.1, 0.15) is 5.82 Å². The monoisotopic (exact) mass is 392 g/mol. The smallest absolute Gasteiger partial charge is 0.126 e. The van der Waals surface area contributed by atoms with Crippen LogP contribution in [0.3, 0.4) is 0 Å². The molecule has 1 atom stereocenters. The summed E-state index contributed by atoms with van der Waals surface area (Å²) in [5, 5.41) is 10.1. The second kappa shape index (κ2) is 5.82. The Hall–Kier alpha value is -0.230. The Bertz CT molecular complexity index is 549. The molecule has 18 heavy (non-hydrogen) atoms. The van der Waals surface area contributed by atoms with E-state index in [2.05, 4.69) is 31.9 Å². The van der Waals surface area contributed by atoms with Crippen molar-refractivity contribution in [2.24, 2.45) is 0 Å². The number of thiophene rings is 1. The van der Waals surface area contributed by atoms with Gasteiger partial charge in [0.05, 0.1) is 6.10 Å². The Labute approximate surface area is 126 Å². The molecule has 0 spiro atoms. The van der Waals surface area contributed by atoms with E-state index in [1.165, 1.54) is 17.4 Å². The second-order valence-electron chi connectivity index (χ2n) is 4.01. The van der Waals surface area contributed by atoms with Crippen LogP contribution in [0.1, 0.15) is 21.4 Å². The molecule has 0 fully saturated rings. The van der Waals surface area contributed by atoms with Crippen LogP contribution in [0.15, 0.2) is 33.2 Å². The average Bonchev–Trinajstić information content (AvgIpc) is 2.64. The van der Waals surface area contributed by atoms with Gasteiger partial charge in [-0.25, -0.2) is 4.39 Å². The van der Waals surface area contributed by atoms with Gasteiger partial charge in [-0.05, 0) is 52.7 Å². The minimum Gasteiger partial charge on any atom is -0.387 e. The average molecular weight is 394 g/mol. The van der Waals surface area contributed by atoms with Crippen molar-refractivity contribution in [3.8, 4) is 0 Å². The minimum atomic E-state index is -0.677. The molecule has 0 saturated carbocycles. The Morgan fingerprint density at radius 3 is 2.67 bits per heavy atom. The SMILES string of the molecule is Cc1sc(C(O)Cc2cc(Br)ccc2F)cc1Br. The number of benzene rings is 1. The van der Waals surface area contributed by atoms with Crippen LogP contribution in [0.25, 0.3) is 0 Å². The van der Waals surface area contributed by atoms with Crippen LogP contribution in [0, 0.1) is 12.7 Å². The van der Waals surface area contributed by atoms with Gasteiger partial charge in [0.2, 0.25) is 0 Å². The summed E-state index contributed by atoms with van der Waals surface area (Å²) < 4.78 is 15.4. The van der Waals surface area contributed by atoms with Gasteiger partial charge in [-0.3, -0.25) is 0 Å². The van der Waals surface area contributed by atoms with Crippen molar-refractivity contribution in [3.63, 3.8) is 0 Å². The molecule has 1 aromatic carbocycles. The molecular weight excluding hydrogens is 383 g/mol. The van der Waals surface area contributed by atoms with E-state index in [-0.39, 0.29) is 12.2 Å². The van der Waals surface area contributed by atoms with E-state index in [0.717, 1.165) is 18.7 Å². The van der Waals surface area contributed by atoms with Crippen LogP contribution in [0.2, 0.25) is 0 Å². The number of rotatable bonds is 3. The van der Waals surface area contributed by atoms with Gasteiger partial charge in [-0.2, -0.15) is 0 Å². The van der Waals surface area contributed by atoms with Crippen molar-refractivity contribution >= 4 is 43.2 Å². The predicted molar refractivity (Wildman–Crippen MR) is 79.5 cm³/mol. The van der Waals surface area contributed by atoms with E-state index in [0.29, 0.717) is 5.56 Å². The van der Waals surface area contributed by atoms with E-state index in [1.54, 1.807) is 12.1 Å². The number of aryl methyl sites for hydroxylation is 1. The number of halogens is 3. The van der Waals surface area contributed by atoms with Gasteiger partial charge < -0.3 is 5.11 Å². The normalized spacial score (nSPS) is 12.7. The Morgan fingerprint density at radius 2 is 2.06 bits per heavy atom. The summed E-state index contributed by atoms with van der Waals surface area (Å²) >= 11 is 8.24. The zero-order valence-corrected chi connectivity index (χ0v) is 13.6. The van der Waals surface area contributed by atoms with Gasteiger partial charge in [0.15, 0.2) is 0 Å². The summed E-state index contributed by atoms with van der Waals surface area (Å²) in [5.41, 5.74) is 0.513. The van der Waals surface area contributed by atoms with Gasteiger partial charge in [-0.15, -0.1) is 11.3 Å². The third kappa shape index (κ3) is 3.20.